The summed E-state index contributed by atoms with van der Waals surface area (Å²) in [5, 5.41) is 6.07. The SMILES string of the molecule is Cl.O=C(NCC1CNC1)C1CC1c1ccc(F)c(F)c1. The molecule has 0 spiro atoms. The molecule has 1 saturated carbocycles. The van der Waals surface area contributed by atoms with E-state index in [2.05, 4.69) is 10.6 Å². The van der Waals surface area contributed by atoms with E-state index in [-0.39, 0.29) is 30.2 Å². The third-order valence-corrected chi connectivity index (χ3v) is 3.93. The number of nitrogens with one attached hydrogen (secondary N) is 2. The van der Waals surface area contributed by atoms with E-state index < -0.39 is 11.6 Å². The molecule has 3 nitrogen and oxygen atoms in total. The summed E-state index contributed by atoms with van der Waals surface area (Å²) < 4.78 is 26.0. The first kappa shape index (κ1) is 15.2. The largest absolute Gasteiger partial charge is 0.355 e. The van der Waals surface area contributed by atoms with Gasteiger partial charge < -0.3 is 10.6 Å². The van der Waals surface area contributed by atoms with Crippen LogP contribution in [0.25, 0.3) is 0 Å². The zero-order valence-corrected chi connectivity index (χ0v) is 11.7. The molecule has 0 aromatic heterocycles. The molecule has 2 unspecified atom stereocenters. The molecule has 1 aliphatic heterocycles. The Morgan fingerprint density at radius 3 is 2.65 bits per heavy atom. The van der Waals surface area contributed by atoms with E-state index >= 15 is 0 Å². The van der Waals surface area contributed by atoms with E-state index in [1.807, 2.05) is 0 Å². The fourth-order valence-corrected chi connectivity index (χ4v) is 2.47. The van der Waals surface area contributed by atoms with E-state index in [0.717, 1.165) is 25.6 Å². The lowest BCUT2D eigenvalue weighted by Gasteiger charge is -2.27. The third-order valence-electron chi connectivity index (χ3n) is 3.93. The molecule has 110 valence electrons. The molecule has 0 radical (unpaired) electrons. The van der Waals surface area contributed by atoms with Gasteiger partial charge in [-0.1, -0.05) is 6.07 Å². The van der Waals surface area contributed by atoms with Crippen LogP contribution in [0, 0.1) is 23.5 Å². The molecule has 2 fully saturated rings. The summed E-state index contributed by atoms with van der Waals surface area (Å²) in [6, 6.07) is 3.88. The second-order valence-corrected chi connectivity index (χ2v) is 5.39. The van der Waals surface area contributed by atoms with Crippen LogP contribution in [0.1, 0.15) is 17.9 Å². The Morgan fingerprint density at radius 1 is 1.30 bits per heavy atom. The standard InChI is InChI=1S/C14H16F2N2O.ClH/c15-12-2-1-9(3-13(12)16)10-4-11(10)14(19)18-7-8-5-17-6-8;/h1-3,8,10-11,17H,4-7H2,(H,18,19);1H. The molecular formula is C14H17ClF2N2O. The molecule has 2 atom stereocenters. The summed E-state index contributed by atoms with van der Waals surface area (Å²) in [4.78, 5) is 11.9. The van der Waals surface area contributed by atoms with Crippen molar-refractivity contribution in [3.05, 3.63) is 35.4 Å². The predicted molar refractivity (Wildman–Crippen MR) is 73.8 cm³/mol. The monoisotopic (exact) mass is 302 g/mol. The van der Waals surface area contributed by atoms with Crippen LogP contribution >= 0.6 is 12.4 Å². The normalized spacial score (nSPS) is 24.5. The van der Waals surface area contributed by atoms with Gasteiger partial charge in [-0.15, -0.1) is 12.4 Å². The lowest BCUT2D eigenvalue weighted by Crippen LogP contribution is -2.48. The fraction of sp³-hybridized carbons (Fsp3) is 0.500. The van der Waals surface area contributed by atoms with Gasteiger partial charge in [0.25, 0.3) is 0 Å². The molecule has 1 aromatic rings. The van der Waals surface area contributed by atoms with Crippen molar-refractivity contribution in [2.24, 2.45) is 11.8 Å². The van der Waals surface area contributed by atoms with Crippen molar-refractivity contribution in [3.8, 4) is 0 Å². The molecule has 0 bridgehead atoms. The van der Waals surface area contributed by atoms with E-state index in [9.17, 15) is 13.6 Å². The van der Waals surface area contributed by atoms with Crippen LogP contribution in [-0.4, -0.2) is 25.5 Å². The average Bonchev–Trinajstić information content (AvgIpc) is 3.10. The number of carbonyl (C=O) groups is 1. The molecule has 20 heavy (non-hydrogen) atoms. The summed E-state index contributed by atoms with van der Waals surface area (Å²) in [7, 11) is 0. The minimum Gasteiger partial charge on any atom is -0.355 e. The Morgan fingerprint density at radius 2 is 2.05 bits per heavy atom. The van der Waals surface area contributed by atoms with Gasteiger partial charge in [0.1, 0.15) is 0 Å². The first-order chi connectivity index (χ1) is 9.15. The van der Waals surface area contributed by atoms with E-state index in [0.29, 0.717) is 18.0 Å². The number of hydrogen-bond donors (Lipinski definition) is 2. The van der Waals surface area contributed by atoms with Gasteiger partial charge in [-0.2, -0.15) is 0 Å². The third kappa shape index (κ3) is 3.10. The van der Waals surface area contributed by atoms with Gasteiger partial charge in [-0.05, 0) is 30.0 Å². The van der Waals surface area contributed by atoms with Crippen LogP contribution in [-0.2, 0) is 4.79 Å². The fourth-order valence-electron chi connectivity index (χ4n) is 2.47. The number of amides is 1. The smallest absolute Gasteiger partial charge is 0.223 e. The van der Waals surface area contributed by atoms with Crippen LogP contribution in [0.15, 0.2) is 18.2 Å². The zero-order valence-electron chi connectivity index (χ0n) is 10.9. The van der Waals surface area contributed by atoms with Crippen molar-refractivity contribution in [3.63, 3.8) is 0 Å². The van der Waals surface area contributed by atoms with Crippen LogP contribution in [0.2, 0.25) is 0 Å². The Bertz CT molecular complexity index is 508. The van der Waals surface area contributed by atoms with E-state index in [1.165, 1.54) is 6.07 Å². The maximum absolute atomic E-state index is 13.1. The first-order valence-corrected chi connectivity index (χ1v) is 6.58. The van der Waals surface area contributed by atoms with E-state index in [1.54, 1.807) is 6.07 Å². The number of benzene rings is 1. The highest BCUT2D eigenvalue weighted by molar-refractivity contribution is 5.85. The number of carbonyl (C=O) groups excluding carboxylic acids is 1. The average molecular weight is 303 g/mol. The minimum absolute atomic E-state index is 0. The van der Waals surface area contributed by atoms with Crippen molar-refractivity contribution in [2.45, 2.75) is 12.3 Å². The number of halogens is 3. The summed E-state index contributed by atoms with van der Waals surface area (Å²) in [6.45, 7) is 2.61. The Hall–Kier alpha value is -1.20. The molecule has 1 aromatic carbocycles. The molecule has 2 N–H and O–H groups in total. The first-order valence-electron chi connectivity index (χ1n) is 6.58. The van der Waals surface area contributed by atoms with Crippen LogP contribution in [0.3, 0.4) is 0 Å². The van der Waals surface area contributed by atoms with Gasteiger partial charge in [0.15, 0.2) is 11.6 Å². The van der Waals surface area contributed by atoms with Gasteiger partial charge in [0.2, 0.25) is 5.91 Å². The van der Waals surface area contributed by atoms with Crippen molar-refractivity contribution >= 4 is 18.3 Å². The zero-order chi connectivity index (χ0) is 13.4. The summed E-state index contributed by atoms with van der Waals surface area (Å²) in [5.74, 6) is -1.18. The topological polar surface area (TPSA) is 41.1 Å². The molecule has 1 heterocycles. The Balaban J connectivity index is 0.00000147. The van der Waals surface area contributed by atoms with Crippen molar-refractivity contribution in [1.29, 1.82) is 0 Å². The highest BCUT2D eigenvalue weighted by Crippen LogP contribution is 2.47. The molecule has 2 aliphatic rings. The quantitative estimate of drug-likeness (QED) is 0.891. The molecule has 6 heteroatoms. The van der Waals surface area contributed by atoms with Crippen molar-refractivity contribution < 1.29 is 13.6 Å². The molecule has 1 amide bonds. The summed E-state index contributed by atoms with van der Waals surface area (Å²) in [5.41, 5.74) is 0.712. The predicted octanol–water partition coefficient (Wildman–Crippen LogP) is 1.83. The highest BCUT2D eigenvalue weighted by atomic mass is 35.5. The number of rotatable bonds is 4. The minimum atomic E-state index is -0.845. The molecular weight excluding hydrogens is 286 g/mol. The number of hydrogen-bond acceptors (Lipinski definition) is 2. The lowest BCUT2D eigenvalue weighted by atomic mass is 10.0. The second kappa shape index (κ2) is 6.06. The van der Waals surface area contributed by atoms with Gasteiger partial charge in [-0.3, -0.25) is 4.79 Å². The Kier molecular flexibility index (Phi) is 4.60. The Labute approximate surface area is 122 Å². The van der Waals surface area contributed by atoms with Crippen molar-refractivity contribution in [2.75, 3.05) is 19.6 Å². The molecule has 1 aliphatic carbocycles. The van der Waals surface area contributed by atoms with Gasteiger partial charge in [-0.25, -0.2) is 8.78 Å². The van der Waals surface area contributed by atoms with Gasteiger partial charge in [0, 0.05) is 31.5 Å². The molecule has 1 saturated heterocycles. The van der Waals surface area contributed by atoms with Crippen LogP contribution in [0.4, 0.5) is 8.78 Å². The van der Waals surface area contributed by atoms with Crippen LogP contribution < -0.4 is 10.6 Å². The van der Waals surface area contributed by atoms with Crippen molar-refractivity contribution in [1.82, 2.24) is 10.6 Å². The summed E-state index contributed by atoms with van der Waals surface area (Å²) >= 11 is 0. The van der Waals surface area contributed by atoms with Gasteiger partial charge >= 0.3 is 0 Å². The maximum Gasteiger partial charge on any atom is 0.223 e. The second-order valence-electron chi connectivity index (χ2n) is 5.39. The van der Waals surface area contributed by atoms with E-state index in [4.69, 9.17) is 0 Å². The maximum atomic E-state index is 13.1. The molecule has 3 rings (SSSR count). The summed E-state index contributed by atoms with van der Waals surface area (Å²) in [6.07, 6.45) is 0.722. The van der Waals surface area contributed by atoms with Gasteiger partial charge in [0.05, 0.1) is 0 Å². The van der Waals surface area contributed by atoms with Crippen LogP contribution in [0.5, 0.6) is 0 Å². The highest BCUT2D eigenvalue weighted by Gasteiger charge is 2.44. The lowest BCUT2D eigenvalue weighted by molar-refractivity contribution is -0.122.